The van der Waals surface area contributed by atoms with Gasteiger partial charge in [-0.25, -0.2) is 4.79 Å². The normalized spacial score (nSPS) is 12.3. The van der Waals surface area contributed by atoms with Crippen molar-refractivity contribution in [1.82, 2.24) is 21.3 Å². The van der Waals surface area contributed by atoms with E-state index in [1.54, 1.807) is 12.1 Å². The number of carbonyl (C=O) groups is 2. The third kappa shape index (κ3) is 9.84. The van der Waals surface area contributed by atoms with Crippen molar-refractivity contribution in [2.45, 2.75) is 52.7 Å². The molecule has 0 aromatic carbocycles. The quantitative estimate of drug-likeness (QED) is 0.303. The molecular weight excluding hydrogens is 362 g/mol. The van der Waals surface area contributed by atoms with E-state index < -0.39 is 17.2 Å². The van der Waals surface area contributed by atoms with Crippen LogP contribution in [0.3, 0.4) is 0 Å². The van der Waals surface area contributed by atoms with Crippen LogP contribution in [0.2, 0.25) is 0 Å². The topological polar surface area (TPSA) is 117 Å². The fourth-order valence-electron chi connectivity index (χ4n) is 2.09. The molecule has 9 nitrogen and oxygen atoms in total. The zero-order valence-corrected chi connectivity index (χ0v) is 17.6. The predicted octanol–water partition coefficient (Wildman–Crippen LogP) is 1.87. The Morgan fingerprint density at radius 2 is 1.79 bits per heavy atom. The van der Waals surface area contributed by atoms with Crippen LogP contribution in [0.1, 0.15) is 52.1 Å². The van der Waals surface area contributed by atoms with Crippen molar-refractivity contribution in [3.05, 3.63) is 24.2 Å². The van der Waals surface area contributed by atoms with Gasteiger partial charge >= 0.3 is 6.09 Å². The van der Waals surface area contributed by atoms with Gasteiger partial charge in [-0.2, -0.15) is 0 Å². The molecule has 158 valence electrons. The Morgan fingerprint density at radius 1 is 1.11 bits per heavy atom. The fraction of sp³-hybridized carbons (Fsp3) is 0.632. The van der Waals surface area contributed by atoms with Crippen LogP contribution in [0.5, 0.6) is 0 Å². The van der Waals surface area contributed by atoms with Crippen LogP contribution >= 0.6 is 0 Å². The van der Waals surface area contributed by atoms with E-state index in [0.717, 1.165) is 0 Å². The Hall–Kier alpha value is -2.71. The molecule has 1 rings (SSSR count). The first-order valence-electron chi connectivity index (χ1n) is 9.37. The summed E-state index contributed by atoms with van der Waals surface area (Å²) in [6, 6.07) is 3.27. The monoisotopic (exact) mass is 395 g/mol. The highest BCUT2D eigenvalue weighted by Gasteiger charge is 2.24. The highest BCUT2D eigenvalue weighted by molar-refractivity contribution is 5.91. The number of nitrogens with one attached hydrogen (secondary N) is 4. The van der Waals surface area contributed by atoms with Crippen LogP contribution in [0.15, 0.2) is 27.8 Å². The number of aliphatic imine (C=N–C) groups is 1. The molecule has 0 aliphatic carbocycles. The summed E-state index contributed by atoms with van der Waals surface area (Å²) in [5, 5.41) is 11.8. The number of amides is 2. The molecule has 28 heavy (non-hydrogen) atoms. The third-order valence-corrected chi connectivity index (χ3v) is 3.26. The lowest BCUT2D eigenvalue weighted by Gasteiger charge is -2.27. The maximum absolute atomic E-state index is 12.0. The van der Waals surface area contributed by atoms with Gasteiger partial charge in [0, 0.05) is 19.6 Å². The van der Waals surface area contributed by atoms with E-state index in [1.165, 1.54) is 6.26 Å². The number of nitrogens with zero attached hydrogens (tertiary/aromatic N) is 1. The highest BCUT2D eigenvalue weighted by atomic mass is 16.6. The molecule has 0 aliphatic heterocycles. The second kappa shape index (κ2) is 10.6. The van der Waals surface area contributed by atoms with E-state index in [-0.39, 0.29) is 11.7 Å². The molecule has 1 aromatic heterocycles. The fourth-order valence-corrected chi connectivity index (χ4v) is 2.09. The Labute approximate surface area is 166 Å². The van der Waals surface area contributed by atoms with Gasteiger partial charge in [0.25, 0.3) is 5.91 Å². The van der Waals surface area contributed by atoms with Crippen LogP contribution in [0, 0.1) is 0 Å². The molecule has 0 spiro atoms. The summed E-state index contributed by atoms with van der Waals surface area (Å²) in [5.74, 6) is 0.598. The summed E-state index contributed by atoms with van der Waals surface area (Å²) in [4.78, 5) is 28.3. The molecule has 1 aromatic rings. The Morgan fingerprint density at radius 3 is 2.36 bits per heavy atom. The van der Waals surface area contributed by atoms with Gasteiger partial charge in [0.05, 0.1) is 18.3 Å². The third-order valence-electron chi connectivity index (χ3n) is 3.26. The van der Waals surface area contributed by atoms with E-state index in [9.17, 15) is 9.59 Å². The van der Waals surface area contributed by atoms with Crippen LogP contribution in [0.25, 0.3) is 0 Å². The second-order valence-corrected chi connectivity index (χ2v) is 7.87. The summed E-state index contributed by atoms with van der Waals surface area (Å²) < 4.78 is 10.3. The molecular formula is C19H33N5O4. The predicted molar refractivity (Wildman–Crippen MR) is 108 cm³/mol. The molecule has 0 bridgehead atoms. The average molecular weight is 396 g/mol. The number of guanidine groups is 1. The first-order valence-corrected chi connectivity index (χ1v) is 9.37. The maximum atomic E-state index is 12.0. The van der Waals surface area contributed by atoms with E-state index in [0.29, 0.717) is 32.1 Å². The van der Waals surface area contributed by atoms with E-state index in [2.05, 4.69) is 26.3 Å². The van der Waals surface area contributed by atoms with Crippen LogP contribution in [-0.2, 0) is 4.74 Å². The van der Waals surface area contributed by atoms with E-state index in [4.69, 9.17) is 9.15 Å². The average Bonchev–Trinajstić information content (AvgIpc) is 3.08. The molecule has 0 saturated carbocycles. The number of hydrogen-bond acceptors (Lipinski definition) is 5. The van der Waals surface area contributed by atoms with E-state index >= 15 is 0 Å². The van der Waals surface area contributed by atoms with Crippen LogP contribution in [-0.4, -0.2) is 55.3 Å². The zero-order chi connectivity index (χ0) is 21.2. The van der Waals surface area contributed by atoms with E-state index in [1.807, 2.05) is 41.5 Å². The van der Waals surface area contributed by atoms with Gasteiger partial charge < -0.3 is 30.4 Å². The Bertz CT molecular complexity index is 648. The number of ether oxygens (including phenoxy) is 1. The molecule has 9 heteroatoms. The number of furan rings is 1. The molecule has 2 amide bonds. The molecule has 0 radical (unpaired) electrons. The van der Waals surface area contributed by atoms with Crippen molar-refractivity contribution in [2.75, 3.05) is 26.2 Å². The standard InChI is InChI=1S/C19H33N5O4/c1-7-20-16(22-11-10-21-15(25)14-9-8-12-27-14)23-13-19(5,6)24-17(26)28-18(2,3)4/h8-9,12H,7,10-11,13H2,1-6H3,(H,21,25)(H,24,26)(H2,20,22,23). The minimum Gasteiger partial charge on any atom is -0.459 e. The Balaban J connectivity index is 2.46. The molecule has 0 aliphatic rings. The van der Waals surface area contributed by atoms with Crippen molar-refractivity contribution in [3.8, 4) is 0 Å². The van der Waals surface area contributed by atoms with Crippen LogP contribution < -0.4 is 21.3 Å². The summed E-state index contributed by atoms with van der Waals surface area (Å²) >= 11 is 0. The lowest BCUT2D eigenvalue weighted by molar-refractivity contribution is 0.0476. The molecule has 4 N–H and O–H groups in total. The minimum absolute atomic E-state index is 0.267. The van der Waals surface area contributed by atoms with Gasteiger partial charge in [-0.05, 0) is 53.7 Å². The van der Waals surface area contributed by atoms with Gasteiger partial charge in [-0.3, -0.25) is 9.79 Å². The number of alkyl carbamates (subject to hydrolysis) is 1. The summed E-state index contributed by atoms with van der Waals surface area (Å²) in [6.07, 6.45) is 0.974. The smallest absolute Gasteiger partial charge is 0.408 e. The lowest BCUT2D eigenvalue weighted by atomic mass is 10.1. The summed E-state index contributed by atoms with van der Waals surface area (Å²) in [7, 11) is 0. The molecule has 0 unspecified atom stereocenters. The number of hydrogen-bond donors (Lipinski definition) is 4. The van der Waals surface area contributed by atoms with Gasteiger partial charge in [0.1, 0.15) is 5.60 Å². The first kappa shape index (κ1) is 23.3. The molecule has 0 saturated heterocycles. The minimum atomic E-state index is -0.585. The van der Waals surface area contributed by atoms with Crippen molar-refractivity contribution >= 4 is 18.0 Å². The SMILES string of the molecule is CCNC(=NCC(C)(C)NC(=O)OC(C)(C)C)NCCNC(=O)c1ccco1. The van der Waals surface area contributed by atoms with Crippen molar-refractivity contribution in [1.29, 1.82) is 0 Å². The van der Waals surface area contributed by atoms with Crippen molar-refractivity contribution in [2.24, 2.45) is 4.99 Å². The number of carbonyl (C=O) groups excluding carboxylic acids is 2. The molecule has 0 fully saturated rings. The molecule has 0 atom stereocenters. The lowest BCUT2D eigenvalue weighted by Crippen LogP contribution is -2.49. The van der Waals surface area contributed by atoms with Gasteiger partial charge in [-0.15, -0.1) is 0 Å². The summed E-state index contributed by atoms with van der Waals surface area (Å²) in [6.45, 7) is 13.1. The first-order chi connectivity index (χ1) is 13.0. The van der Waals surface area contributed by atoms with Crippen molar-refractivity contribution < 1.29 is 18.7 Å². The van der Waals surface area contributed by atoms with Gasteiger partial charge in [-0.1, -0.05) is 0 Å². The van der Waals surface area contributed by atoms with Gasteiger partial charge in [0.15, 0.2) is 11.7 Å². The zero-order valence-electron chi connectivity index (χ0n) is 17.6. The molecule has 1 heterocycles. The highest BCUT2D eigenvalue weighted by Crippen LogP contribution is 2.09. The van der Waals surface area contributed by atoms with Gasteiger partial charge in [0.2, 0.25) is 0 Å². The largest absolute Gasteiger partial charge is 0.459 e. The summed E-state index contributed by atoms with van der Waals surface area (Å²) in [5.41, 5.74) is -1.14. The van der Waals surface area contributed by atoms with Crippen LogP contribution in [0.4, 0.5) is 4.79 Å². The second-order valence-electron chi connectivity index (χ2n) is 7.87. The Kier molecular flexibility index (Phi) is 8.81. The van der Waals surface area contributed by atoms with Crippen molar-refractivity contribution in [3.63, 3.8) is 0 Å². The number of rotatable bonds is 8. The maximum Gasteiger partial charge on any atom is 0.408 e.